The SMILES string of the molecule is CCOC(=O)/C=C1\SCC(=O)N1Cc1nc(-c2ccc(OC)cc2)no1. The summed E-state index contributed by atoms with van der Waals surface area (Å²) in [6, 6.07) is 7.23. The Morgan fingerprint density at radius 3 is 2.85 bits per heavy atom. The Morgan fingerprint density at radius 2 is 2.15 bits per heavy atom. The van der Waals surface area contributed by atoms with E-state index in [9.17, 15) is 9.59 Å². The maximum atomic E-state index is 12.1. The summed E-state index contributed by atoms with van der Waals surface area (Å²) in [6.45, 7) is 2.09. The fourth-order valence-electron chi connectivity index (χ4n) is 2.30. The zero-order valence-electron chi connectivity index (χ0n) is 14.3. The summed E-state index contributed by atoms with van der Waals surface area (Å²) in [4.78, 5) is 29.5. The van der Waals surface area contributed by atoms with Crippen molar-refractivity contribution in [3.63, 3.8) is 0 Å². The number of carbonyl (C=O) groups is 2. The quantitative estimate of drug-likeness (QED) is 0.560. The van der Waals surface area contributed by atoms with Gasteiger partial charge in [-0.25, -0.2) is 4.79 Å². The van der Waals surface area contributed by atoms with E-state index in [1.54, 1.807) is 26.2 Å². The number of hydrogen-bond acceptors (Lipinski definition) is 8. The standard InChI is InChI=1S/C17H17N3O5S/c1-3-24-16(22)8-15-20(14(21)10-26-15)9-13-18-17(19-25-13)11-4-6-12(23-2)7-5-11/h4-8H,3,9-10H2,1-2H3/b15-8-. The van der Waals surface area contributed by atoms with Crippen molar-refractivity contribution in [3.05, 3.63) is 41.3 Å². The highest BCUT2D eigenvalue weighted by Gasteiger charge is 2.29. The molecule has 0 atom stereocenters. The van der Waals surface area contributed by atoms with Crippen molar-refractivity contribution in [2.24, 2.45) is 0 Å². The van der Waals surface area contributed by atoms with Gasteiger partial charge >= 0.3 is 5.97 Å². The molecule has 3 rings (SSSR count). The molecule has 1 aliphatic rings. The Hall–Kier alpha value is -2.81. The molecule has 0 spiro atoms. The number of carbonyl (C=O) groups excluding carboxylic acids is 2. The van der Waals surface area contributed by atoms with E-state index < -0.39 is 5.97 Å². The first-order valence-electron chi connectivity index (χ1n) is 7.89. The lowest BCUT2D eigenvalue weighted by Crippen LogP contribution is -2.24. The fraction of sp³-hybridized carbons (Fsp3) is 0.294. The molecule has 0 unspecified atom stereocenters. The van der Waals surface area contributed by atoms with Crippen molar-refractivity contribution >= 4 is 23.6 Å². The van der Waals surface area contributed by atoms with Crippen LogP contribution in [0, 0.1) is 0 Å². The summed E-state index contributed by atoms with van der Waals surface area (Å²) in [5.41, 5.74) is 0.769. The Balaban J connectivity index is 1.74. The summed E-state index contributed by atoms with van der Waals surface area (Å²) in [5.74, 6) is 1.06. The lowest BCUT2D eigenvalue weighted by Gasteiger charge is -2.13. The molecule has 136 valence electrons. The van der Waals surface area contributed by atoms with E-state index in [0.717, 1.165) is 11.3 Å². The molecule has 1 aliphatic heterocycles. The number of aromatic nitrogens is 2. The molecule has 0 bridgehead atoms. The third-order valence-corrected chi connectivity index (χ3v) is 4.57. The van der Waals surface area contributed by atoms with Gasteiger partial charge in [0.25, 0.3) is 0 Å². The monoisotopic (exact) mass is 375 g/mol. The van der Waals surface area contributed by atoms with Gasteiger partial charge in [-0.2, -0.15) is 4.98 Å². The van der Waals surface area contributed by atoms with Crippen molar-refractivity contribution in [1.82, 2.24) is 15.0 Å². The second-order valence-corrected chi connectivity index (χ2v) is 6.24. The van der Waals surface area contributed by atoms with Crippen LogP contribution in [0.2, 0.25) is 0 Å². The van der Waals surface area contributed by atoms with Gasteiger partial charge in [0.05, 0.1) is 30.6 Å². The molecule has 9 heteroatoms. The predicted molar refractivity (Wildman–Crippen MR) is 94.0 cm³/mol. The van der Waals surface area contributed by atoms with Crippen LogP contribution in [0.25, 0.3) is 11.4 Å². The minimum Gasteiger partial charge on any atom is -0.497 e. The minimum atomic E-state index is -0.487. The first-order chi connectivity index (χ1) is 12.6. The van der Waals surface area contributed by atoms with E-state index in [-0.39, 0.29) is 30.7 Å². The first kappa shape index (κ1) is 18.0. The number of thioether (sulfide) groups is 1. The van der Waals surface area contributed by atoms with Crippen LogP contribution in [-0.4, -0.2) is 46.4 Å². The molecule has 1 fully saturated rings. The highest BCUT2D eigenvalue weighted by atomic mass is 32.2. The molecule has 2 aromatic rings. The van der Waals surface area contributed by atoms with Gasteiger partial charge in [-0.15, -0.1) is 0 Å². The van der Waals surface area contributed by atoms with E-state index in [4.69, 9.17) is 14.0 Å². The molecule has 8 nitrogen and oxygen atoms in total. The molecule has 1 aromatic carbocycles. The van der Waals surface area contributed by atoms with Gasteiger partial charge in [-0.05, 0) is 31.2 Å². The van der Waals surface area contributed by atoms with Gasteiger partial charge in [0.15, 0.2) is 0 Å². The summed E-state index contributed by atoms with van der Waals surface area (Å²) >= 11 is 1.27. The smallest absolute Gasteiger partial charge is 0.333 e. The molecule has 1 saturated heterocycles. The number of ether oxygens (including phenoxy) is 2. The summed E-state index contributed by atoms with van der Waals surface area (Å²) in [7, 11) is 1.59. The number of amides is 1. The Morgan fingerprint density at radius 1 is 1.38 bits per heavy atom. The zero-order chi connectivity index (χ0) is 18.5. The van der Waals surface area contributed by atoms with Crippen molar-refractivity contribution in [1.29, 1.82) is 0 Å². The molecule has 26 heavy (non-hydrogen) atoms. The average Bonchev–Trinajstić information content (AvgIpc) is 3.24. The summed E-state index contributed by atoms with van der Waals surface area (Å²) in [6.07, 6.45) is 1.31. The van der Waals surface area contributed by atoms with Gasteiger partial charge in [0.1, 0.15) is 12.3 Å². The van der Waals surface area contributed by atoms with Crippen molar-refractivity contribution in [2.45, 2.75) is 13.5 Å². The van der Waals surface area contributed by atoms with Crippen LogP contribution in [0.15, 0.2) is 39.9 Å². The van der Waals surface area contributed by atoms with E-state index in [2.05, 4.69) is 10.1 Å². The maximum absolute atomic E-state index is 12.1. The molecule has 0 aliphatic carbocycles. The number of methoxy groups -OCH3 is 1. The molecule has 0 saturated carbocycles. The Labute approximate surface area is 154 Å². The van der Waals surface area contributed by atoms with Gasteiger partial charge in [0, 0.05) is 5.56 Å². The number of benzene rings is 1. The molecule has 1 aromatic heterocycles. The Kier molecular flexibility index (Phi) is 5.57. The first-order valence-corrected chi connectivity index (χ1v) is 8.88. The highest BCUT2D eigenvalue weighted by Crippen LogP contribution is 2.30. The second kappa shape index (κ2) is 8.05. The van der Waals surface area contributed by atoms with Crippen LogP contribution >= 0.6 is 11.8 Å². The van der Waals surface area contributed by atoms with Crippen LogP contribution in [-0.2, 0) is 20.9 Å². The maximum Gasteiger partial charge on any atom is 0.333 e. The molecule has 0 N–H and O–H groups in total. The summed E-state index contributed by atoms with van der Waals surface area (Å²) < 4.78 is 15.3. The number of esters is 1. The largest absolute Gasteiger partial charge is 0.497 e. The van der Waals surface area contributed by atoms with Crippen LogP contribution in [0.5, 0.6) is 5.75 Å². The van der Waals surface area contributed by atoms with E-state index in [1.165, 1.54) is 22.7 Å². The molecular formula is C17H17N3O5S. The van der Waals surface area contributed by atoms with Gasteiger partial charge in [-0.3, -0.25) is 9.69 Å². The van der Waals surface area contributed by atoms with E-state index in [1.807, 2.05) is 12.1 Å². The third kappa shape index (κ3) is 4.05. The van der Waals surface area contributed by atoms with Crippen molar-refractivity contribution in [2.75, 3.05) is 19.5 Å². The normalized spacial score (nSPS) is 15.5. The minimum absolute atomic E-state index is 0.0974. The van der Waals surface area contributed by atoms with Crippen molar-refractivity contribution in [3.8, 4) is 17.1 Å². The van der Waals surface area contributed by atoms with E-state index in [0.29, 0.717) is 10.9 Å². The number of nitrogens with zero attached hydrogens (tertiary/aromatic N) is 3. The van der Waals surface area contributed by atoms with Crippen LogP contribution in [0.3, 0.4) is 0 Å². The van der Waals surface area contributed by atoms with Crippen LogP contribution < -0.4 is 4.74 Å². The second-order valence-electron chi connectivity index (χ2n) is 5.24. The topological polar surface area (TPSA) is 94.8 Å². The fourth-order valence-corrected chi connectivity index (χ4v) is 3.23. The lowest BCUT2D eigenvalue weighted by atomic mass is 10.2. The van der Waals surface area contributed by atoms with Gasteiger partial charge < -0.3 is 14.0 Å². The van der Waals surface area contributed by atoms with Crippen LogP contribution in [0.1, 0.15) is 12.8 Å². The van der Waals surface area contributed by atoms with Gasteiger partial charge in [0.2, 0.25) is 17.6 Å². The Bertz CT molecular complexity index is 831. The third-order valence-electron chi connectivity index (χ3n) is 3.55. The molecule has 1 amide bonds. The average molecular weight is 375 g/mol. The van der Waals surface area contributed by atoms with Crippen LogP contribution in [0.4, 0.5) is 0 Å². The molecular weight excluding hydrogens is 358 g/mol. The molecule has 0 radical (unpaired) electrons. The zero-order valence-corrected chi connectivity index (χ0v) is 15.1. The van der Waals surface area contributed by atoms with Gasteiger partial charge in [-0.1, -0.05) is 16.9 Å². The van der Waals surface area contributed by atoms with Crippen molar-refractivity contribution < 1.29 is 23.6 Å². The summed E-state index contributed by atoms with van der Waals surface area (Å²) in [5, 5.41) is 4.45. The predicted octanol–water partition coefficient (Wildman–Crippen LogP) is 2.23. The highest BCUT2D eigenvalue weighted by molar-refractivity contribution is 8.04. The lowest BCUT2D eigenvalue weighted by molar-refractivity contribution is -0.137. The number of rotatable bonds is 6. The van der Waals surface area contributed by atoms with E-state index >= 15 is 0 Å². The number of hydrogen-bond donors (Lipinski definition) is 0. The molecule has 2 heterocycles.